The van der Waals surface area contributed by atoms with Gasteiger partial charge in [-0.15, -0.1) is 0 Å². The van der Waals surface area contributed by atoms with E-state index in [-0.39, 0.29) is 6.04 Å². The fraction of sp³-hybridized carbons (Fsp3) is 0.571. The topological polar surface area (TPSA) is 43.2 Å². The zero-order valence-electron chi connectivity index (χ0n) is 11.1. The van der Waals surface area contributed by atoms with Crippen molar-refractivity contribution in [3.63, 3.8) is 0 Å². The lowest BCUT2D eigenvalue weighted by Crippen LogP contribution is -2.52. The van der Waals surface area contributed by atoms with Crippen molar-refractivity contribution in [1.29, 1.82) is 5.26 Å². The highest BCUT2D eigenvalue weighted by Crippen LogP contribution is 2.24. The Labute approximate surface area is 109 Å². The lowest BCUT2D eigenvalue weighted by Gasteiger charge is -2.41. The van der Waals surface area contributed by atoms with Crippen molar-refractivity contribution in [3.8, 4) is 6.07 Å². The van der Waals surface area contributed by atoms with Gasteiger partial charge in [-0.3, -0.25) is 9.88 Å². The third kappa shape index (κ3) is 2.69. The van der Waals surface area contributed by atoms with Crippen molar-refractivity contribution < 1.29 is 0 Å². The molecule has 0 saturated carbocycles. The van der Waals surface area contributed by atoms with Crippen LogP contribution in [-0.2, 0) is 0 Å². The van der Waals surface area contributed by atoms with E-state index < -0.39 is 0 Å². The smallest absolute Gasteiger partial charge is 0.141 e. The van der Waals surface area contributed by atoms with Crippen LogP contribution in [0, 0.1) is 11.3 Å². The molecule has 1 aliphatic heterocycles. The summed E-state index contributed by atoms with van der Waals surface area (Å²) in [5, 5.41) is 9.47. The average molecular weight is 244 g/mol. The molecule has 2 atom stereocenters. The lowest BCUT2D eigenvalue weighted by molar-refractivity contribution is 0.0663. The van der Waals surface area contributed by atoms with E-state index >= 15 is 0 Å². The molecule has 2 heterocycles. The number of hydrogen-bond acceptors (Lipinski definition) is 4. The minimum absolute atomic E-state index is 0.218. The van der Waals surface area contributed by atoms with Crippen LogP contribution in [0.25, 0.3) is 0 Å². The van der Waals surface area contributed by atoms with Crippen LogP contribution in [0.3, 0.4) is 0 Å². The molecule has 2 rings (SSSR count). The summed E-state index contributed by atoms with van der Waals surface area (Å²) in [6, 6.07) is 8.41. The second kappa shape index (κ2) is 5.94. The predicted molar refractivity (Wildman–Crippen MR) is 70.9 cm³/mol. The molecule has 96 valence electrons. The molecule has 1 aromatic rings. The third-order valence-corrected chi connectivity index (χ3v) is 3.62. The van der Waals surface area contributed by atoms with Gasteiger partial charge >= 0.3 is 0 Å². The van der Waals surface area contributed by atoms with E-state index in [2.05, 4.69) is 34.8 Å². The van der Waals surface area contributed by atoms with Gasteiger partial charge in [0, 0.05) is 31.9 Å². The molecule has 0 N–H and O–H groups in total. The Morgan fingerprint density at radius 1 is 1.50 bits per heavy atom. The van der Waals surface area contributed by atoms with Crippen LogP contribution in [0.4, 0.5) is 0 Å². The van der Waals surface area contributed by atoms with Crippen molar-refractivity contribution in [3.05, 3.63) is 30.1 Å². The molecule has 1 aliphatic rings. The lowest BCUT2D eigenvalue weighted by atomic mass is 10.0. The Balaban J connectivity index is 2.20. The molecule has 0 amide bonds. The number of hydrogen-bond donors (Lipinski definition) is 0. The van der Waals surface area contributed by atoms with Gasteiger partial charge in [-0.25, -0.2) is 0 Å². The second-order valence-corrected chi connectivity index (χ2v) is 4.85. The average Bonchev–Trinajstić information content (AvgIpc) is 2.42. The van der Waals surface area contributed by atoms with Crippen molar-refractivity contribution >= 4 is 0 Å². The van der Waals surface area contributed by atoms with Crippen LogP contribution in [0.15, 0.2) is 24.4 Å². The number of piperazine rings is 1. The van der Waals surface area contributed by atoms with Crippen LogP contribution in [0.5, 0.6) is 0 Å². The molecule has 0 spiro atoms. The fourth-order valence-electron chi connectivity index (χ4n) is 2.58. The molecule has 1 fully saturated rings. The van der Waals surface area contributed by atoms with Gasteiger partial charge < -0.3 is 4.90 Å². The summed E-state index contributed by atoms with van der Waals surface area (Å²) in [6.07, 6.45) is 2.83. The third-order valence-electron chi connectivity index (χ3n) is 3.62. The van der Waals surface area contributed by atoms with E-state index in [9.17, 15) is 5.26 Å². The number of rotatable bonds is 3. The van der Waals surface area contributed by atoms with E-state index in [1.54, 1.807) is 6.20 Å². The summed E-state index contributed by atoms with van der Waals surface area (Å²) >= 11 is 0. The van der Waals surface area contributed by atoms with Gasteiger partial charge in [0.2, 0.25) is 0 Å². The van der Waals surface area contributed by atoms with Gasteiger partial charge in [0.1, 0.15) is 6.04 Å². The minimum atomic E-state index is -0.218. The molecule has 1 saturated heterocycles. The highest BCUT2D eigenvalue weighted by molar-refractivity contribution is 5.16. The number of nitrogens with zero attached hydrogens (tertiary/aromatic N) is 4. The van der Waals surface area contributed by atoms with Crippen molar-refractivity contribution in [2.45, 2.75) is 25.4 Å². The molecular weight excluding hydrogens is 224 g/mol. The molecule has 0 radical (unpaired) electrons. The van der Waals surface area contributed by atoms with Gasteiger partial charge in [0.15, 0.2) is 0 Å². The summed E-state index contributed by atoms with van der Waals surface area (Å²) in [4.78, 5) is 8.96. The molecule has 1 aromatic heterocycles. The predicted octanol–water partition coefficient (Wildman–Crippen LogP) is 1.67. The Morgan fingerprint density at radius 3 is 2.94 bits per heavy atom. The maximum absolute atomic E-state index is 9.47. The van der Waals surface area contributed by atoms with E-state index in [4.69, 9.17) is 0 Å². The molecule has 18 heavy (non-hydrogen) atoms. The summed E-state index contributed by atoms with van der Waals surface area (Å²) in [5.41, 5.74) is 0.864. The largest absolute Gasteiger partial charge is 0.304 e. The molecule has 4 nitrogen and oxygen atoms in total. The summed E-state index contributed by atoms with van der Waals surface area (Å²) in [6.45, 7) is 5.16. The molecule has 0 bridgehead atoms. The number of aromatic nitrogens is 1. The fourth-order valence-corrected chi connectivity index (χ4v) is 2.58. The zero-order chi connectivity index (χ0) is 13.0. The number of pyridine rings is 1. The second-order valence-electron chi connectivity index (χ2n) is 4.85. The van der Waals surface area contributed by atoms with Crippen LogP contribution >= 0.6 is 0 Å². The molecule has 0 aromatic carbocycles. The van der Waals surface area contributed by atoms with E-state index in [0.29, 0.717) is 6.04 Å². The van der Waals surface area contributed by atoms with E-state index in [1.807, 2.05) is 18.2 Å². The number of likely N-dealkylation sites (N-methyl/N-ethyl adjacent to an activating group) is 1. The zero-order valence-corrected chi connectivity index (χ0v) is 11.1. The highest BCUT2D eigenvalue weighted by Gasteiger charge is 2.31. The van der Waals surface area contributed by atoms with Gasteiger partial charge in [-0.1, -0.05) is 13.0 Å². The van der Waals surface area contributed by atoms with Gasteiger partial charge in [0.05, 0.1) is 11.8 Å². The SMILES string of the molecule is CCC1CN(C)CCN1C(C#N)c1ccccn1. The maximum atomic E-state index is 9.47. The molecular formula is C14H20N4. The van der Waals surface area contributed by atoms with Crippen LogP contribution in [0.2, 0.25) is 0 Å². The maximum Gasteiger partial charge on any atom is 0.141 e. The van der Waals surface area contributed by atoms with Gasteiger partial charge in [-0.05, 0) is 25.6 Å². The van der Waals surface area contributed by atoms with E-state index in [1.165, 1.54) is 0 Å². The normalized spacial score (nSPS) is 23.5. The first-order valence-electron chi connectivity index (χ1n) is 6.51. The molecule has 0 aliphatic carbocycles. The Bertz CT molecular complexity index is 412. The van der Waals surface area contributed by atoms with Crippen LogP contribution in [-0.4, -0.2) is 47.5 Å². The summed E-state index contributed by atoms with van der Waals surface area (Å²) in [5.74, 6) is 0. The highest BCUT2D eigenvalue weighted by atomic mass is 15.3. The Hall–Kier alpha value is -1.44. The first-order chi connectivity index (χ1) is 8.76. The Morgan fingerprint density at radius 2 is 2.33 bits per heavy atom. The van der Waals surface area contributed by atoms with E-state index in [0.717, 1.165) is 31.7 Å². The quantitative estimate of drug-likeness (QED) is 0.811. The molecule has 2 unspecified atom stereocenters. The Kier molecular flexibility index (Phi) is 4.29. The minimum Gasteiger partial charge on any atom is -0.304 e. The van der Waals surface area contributed by atoms with Crippen molar-refractivity contribution in [1.82, 2.24) is 14.8 Å². The first-order valence-corrected chi connectivity index (χ1v) is 6.51. The standard InChI is InChI=1S/C14H20N4/c1-3-12-11-17(2)8-9-18(12)14(10-15)13-6-4-5-7-16-13/h4-7,12,14H,3,8-9,11H2,1-2H3. The van der Waals surface area contributed by atoms with Crippen molar-refractivity contribution in [2.24, 2.45) is 0 Å². The first kappa shape index (κ1) is 13.0. The van der Waals surface area contributed by atoms with Crippen molar-refractivity contribution in [2.75, 3.05) is 26.7 Å². The van der Waals surface area contributed by atoms with Crippen LogP contribution in [0.1, 0.15) is 25.1 Å². The van der Waals surface area contributed by atoms with Gasteiger partial charge in [0.25, 0.3) is 0 Å². The summed E-state index contributed by atoms with van der Waals surface area (Å²) in [7, 11) is 2.14. The van der Waals surface area contributed by atoms with Gasteiger partial charge in [-0.2, -0.15) is 5.26 Å². The van der Waals surface area contributed by atoms with Crippen LogP contribution < -0.4 is 0 Å². The number of nitriles is 1. The molecule has 4 heteroatoms. The summed E-state index contributed by atoms with van der Waals surface area (Å²) < 4.78 is 0. The monoisotopic (exact) mass is 244 g/mol.